The van der Waals surface area contributed by atoms with Crippen LogP contribution in [0.5, 0.6) is 0 Å². The van der Waals surface area contributed by atoms with E-state index in [0.29, 0.717) is 38.4 Å². The van der Waals surface area contributed by atoms with Crippen LogP contribution in [0.4, 0.5) is 19.2 Å². The zero-order chi connectivity index (χ0) is 103. The Morgan fingerprint density at radius 2 is 0.568 bits per heavy atom. The van der Waals surface area contributed by atoms with E-state index < -0.39 is 22.2 Å². The van der Waals surface area contributed by atoms with E-state index in [1.54, 1.807) is 55.4 Å². The fraction of sp³-hybridized carbons (Fsp3) is 0.852. The number of likely N-dealkylation sites (N-methyl/N-ethyl adjacent to an activating group) is 4. The van der Waals surface area contributed by atoms with Crippen LogP contribution in [0.25, 0.3) is 0 Å². The molecule has 0 unspecified atom stereocenters. The predicted octanol–water partition coefficient (Wildman–Crippen LogP) is 13.8. The van der Waals surface area contributed by atoms with Crippen molar-refractivity contribution in [3.8, 4) is 0 Å². The second-order valence-electron chi connectivity index (χ2n) is 50.2. The van der Waals surface area contributed by atoms with Crippen LogP contribution < -0.4 is 47.9 Å². The number of amides is 12. The van der Waals surface area contributed by atoms with E-state index in [4.69, 9.17) is 14.6 Å². The van der Waals surface area contributed by atoms with Gasteiger partial charge in [-0.05, 0) is 217 Å². The van der Waals surface area contributed by atoms with Crippen LogP contribution in [0.1, 0.15) is 275 Å². The molecular weight excluding hydrogens is 1750 g/mol. The number of imide groups is 4. The third-order valence-electron chi connectivity index (χ3n) is 26.9. The van der Waals surface area contributed by atoms with Crippen LogP contribution in [-0.4, -0.2) is 434 Å². The van der Waals surface area contributed by atoms with Gasteiger partial charge in [0.2, 0.25) is 0 Å². The van der Waals surface area contributed by atoms with Crippen molar-refractivity contribution in [3.63, 3.8) is 0 Å². The van der Waals surface area contributed by atoms with Crippen molar-refractivity contribution in [3.05, 3.63) is 57.2 Å². The average Bonchev–Trinajstić information content (AvgIpc) is 1.13. The van der Waals surface area contributed by atoms with Gasteiger partial charge in [-0.2, -0.15) is 0 Å². The van der Waals surface area contributed by atoms with Gasteiger partial charge < -0.3 is 138 Å². The van der Waals surface area contributed by atoms with Crippen molar-refractivity contribution < 1.29 is 84.3 Å². The van der Waals surface area contributed by atoms with Gasteiger partial charge in [-0.1, -0.05) is 33.3 Å². The number of aliphatic hydroxyl groups is 1. The lowest BCUT2D eigenvalue weighted by molar-refractivity contribution is -0.917. The first kappa shape index (κ1) is 145. The number of aliphatic hydroxyl groups excluding tert-OH is 1. The molecular formula is C108H231N20O11+. The standard InChI is InChI=1S/C18H40N3O.C17H37N2O2.C17H35N2.C13H26N4O2.C13H25N3O2.2C12H23N3O2.6CH3/c1-17(2)14-16(15-18(3,4)20-17)22-13-9-12-21(6,7)11-8-10-19-5;1-16(2)13-15(14-17(3,4)18-16)21-12-8-10-19(5,6)9-7-11-20;1-8-9-10-11-12-19(6,7)15-13-16(2,3)18-17(4,5)14-15;1-13(2)11(18)16(12(19)15-13)8-10-17(4,5)9-6-7-14-3;1-6-7-9-16(4,5)10-8-15-11(17)13(2,3)14-12(15)18;2*1-6-8-15(4,5)9-7-14-10(16)12(2,3)13-11(14)17;;;;;;/h16,19-20H,8-15H2,1-7H3;15,18,20H,7-14H2,1-6H3;8,15,18H,1,9-14H2,2-7H3;14H,6-10H2,1-5H3;6-10H2,1-5H3;2*6-9H2,1-5H3;6*1H3/q3*+1;;;;;6*-1/p+4. The molecule has 0 radical (unpaired) electrons. The zero-order valence-corrected chi connectivity index (χ0v) is 99.2. The largest absolute Gasteiger partial charge is 0.396 e. The number of carbonyl (C=O) groups is 8. The van der Waals surface area contributed by atoms with Crippen LogP contribution in [0.3, 0.4) is 0 Å². The molecule has 7 aliphatic heterocycles. The normalized spacial score (nSPS) is 19.9. The van der Waals surface area contributed by atoms with E-state index in [-0.39, 0.29) is 132 Å². The van der Waals surface area contributed by atoms with E-state index in [1.807, 2.05) is 20.2 Å². The number of allylic oxidation sites excluding steroid dienone is 1. The molecule has 0 spiro atoms. The lowest BCUT2D eigenvalue weighted by Crippen LogP contribution is -2.65. The number of unbranched alkanes of at least 4 members (excludes halogenated alkanes) is 3. The molecule has 0 aliphatic carbocycles. The fourth-order valence-electron chi connectivity index (χ4n) is 19.8. The summed E-state index contributed by atoms with van der Waals surface area (Å²) in [4.78, 5) is 100. The lowest BCUT2D eigenvalue weighted by Gasteiger charge is -2.51. The first-order chi connectivity index (χ1) is 60.5. The van der Waals surface area contributed by atoms with E-state index in [0.717, 1.165) is 206 Å². The van der Waals surface area contributed by atoms with Gasteiger partial charge in [0, 0.05) is 97.9 Å². The first-order valence-corrected chi connectivity index (χ1v) is 50.9. The topological polar surface area (TPSA) is 296 Å². The van der Waals surface area contributed by atoms with Crippen molar-refractivity contribution in [1.29, 1.82) is 0 Å². The number of ether oxygens (including phenoxy) is 2. The average molecular weight is 1990 g/mol. The molecule has 7 fully saturated rings. The summed E-state index contributed by atoms with van der Waals surface area (Å²) in [5, 5.41) is 37.3. The number of urea groups is 4. The van der Waals surface area contributed by atoms with Crippen LogP contribution in [0, 0.1) is 44.6 Å². The van der Waals surface area contributed by atoms with E-state index in [2.05, 4.69) is 257 Å². The molecule has 0 aromatic heterocycles. The third-order valence-corrected chi connectivity index (χ3v) is 26.9. The highest BCUT2D eigenvalue weighted by atomic mass is 16.5. The molecule has 0 saturated carbocycles. The highest BCUT2D eigenvalue weighted by molar-refractivity contribution is 6.08. The smallest absolute Gasteiger partial charge is 0.325 e. The number of piperidine rings is 3. The maximum absolute atomic E-state index is 12.0. The second kappa shape index (κ2) is 61.5. The molecule has 31 nitrogen and oxygen atoms in total. The molecule has 7 rings (SSSR count). The Morgan fingerprint density at radius 3 is 0.799 bits per heavy atom. The van der Waals surface area contributed by atoms with Gasteiger partial charge in [-0.15, -0.1) is 6.58 Å². The van der Waals surface area contributed by atoms with Gasteiger partial charge in [-0.25, -0.2) is 19.2 Å². The molecule has 139 heavy (non-hydrogen) atoms. The SMILES string of the molecule is C=CCCCC[N+](C)(C)C1CC(C)(C)NC(C)(C)C1.CC1(C)CC(OCCC[N+](C)(C)CCCO)CC(C)(C)N1.CCCC[N+](C)(C)CCN1C(=O)NC(C)(C)C1=O.CCC[N+](C)(C)CCN1C(=O)NC(C)(C)C1=O.CCC[N+](C)(C)CCN1C(=O)NC(C)(C)C1=O.CNCCC[N+](C)(C)CCCOC1CC(C)(C)NC(C)(C)C1.CNCCC[N+](C)(C)CCN1C(=O)NC(C)(C)C1=O.[CH3-].[CH3-].[CH3-].[CH3-].[CH3-].[CH3-]. The number of quaternary nitrogens is 7. The van der Waals surface area contributed by atoms with Crippen LogP contribution in [0.15, 0.2) is 12.7 Å². The van der Waals surface area contributed by atoms with Gasteiger partial charge in [0.05, 0.1) is 241 Å². The number of nitrogens with one attached hydrogen (secondary N) is 9. The summed E-state index contributed by atoms with van der Waals surface area (Å²) < 4.78 is 18.9. The van der Waals surface area contributed by atoms with E-state index in [1.165, 1.54) is 77.8 Å². The Labute approximate surface area is 857 Å². The summed E-state index contributed by atoms with van der Waals surface area (Å²) >= 11 is 0. The highest BCUT2D eigenvalue weighted by Crippen LogP contribution is 2.36. The molecule has 0 aromatic carbocycles. The summed E-state index contributed by atoms with van der Waals surface area (Å²) in [6.07, 6.45) is 23.4. The number of rotatable bonds is 46. The Hall–Kier alpha value is -5.10. The van der Waals surface area contributed by atoms with E-state index in [9.17, 15) is 38.4 Å². The van der Waals surface area contributed by atoms with Crippen molar-refractivity contribution in [2.75, 3.05) is 257 Å². The monoisotopic (exact) mass is 1980 g/mol. The zero-order valence-electron chi connectivity index (χ0n) is 99.2. The van der Waals surface area contributed by atoms with Crippen LogP contribution in [-0.2, 0) is 28.7 Å². The molecule has 10 N–H and O–H groups in total. The Bertz CT molecular complexity index is 3440. The minimum atomic E-state index is -0.764. The molecule has 0 atom stereocenters. The maximum atomic E-state index is 12.0. The number of hydrogen-bond donors (Lipinski definition) is 10. The summed E-state index contributed by atoms with van der Waals surface area (Å²) in [5.74, 6) is -0.506. The molecule has 31 heteroatoms. The number of hydrogen-bond acceptors (Lipinski definition) is 16. The van der Waals surface area contributed by atoms with Gasteiger partial charge in [0.25, 0.3) is 23.6 Å². The minimum absolute atomic E-state index is 0. The van der Waals surface area contributed by atoms with Crippen molar-refractivity contribution in [1.82, 2.24) is 67.5 Å². The molecule has 7 saturated heterocycles. The Morgan fingerprint density at radius 1 is 0.331 bits per heavy atom. The van der Waals surface area contributed by atoms with Crippen LogP contribution >= 0.6 is 0 Å². The fourth-order valence-corrected chi connectivity index (χ4v) is 19.8. The van der Waals surface area contributed by atoms with Gasteiger partial charge in [-0.3, -0.25) is 38.8 Å². The van der Waals surface area contributed by atoms with Crippen molar-refractivity contribution in [2.45, 2.75) is 348 Å². The maximum Gasteiger partial charge on any atom is 0.325 e. The van der Waals surface area contributed by atoms with Crippen LogP contribution in [0.2, 0.25) is 0 Å². The number of nitrogens with zero attached hydrogens (tertiary/aromatic N) is 11. The molecule has 7 heterocycles. The molecule has 12 amide bonds. The Balaban J connectivity index is -0.000000369. The molecule has 0 bridgehead atoms. The molecule has 0 aromatic rings. The van der Waals surface area contributed by atoms with E-state index >= 15 is 0 Å². The quantitative estimate of drug-likeness (QED) is 0.00891. The minimum Gasteiger partial charge on any atom is -0.396 e. The number of carbonyl (C=O) groups excluding carboxylic acids is 8. The van der Waals surface area contributed by atoms with Crippen molar-refractivity contribution in [2.24, 2.45) is 0 Å². The van der Waals surface area contributed by atoms with Gasteiger partial charge >= 0.3 is 24.1 Å². The highest BCUT2D eigenvalue weighted by Gasteiger charge is 2.50. The molecule has 828 valence electrons. The summed E-state index contributed by atoms with van der Waals surface area (Å²) in [7, 11) is 34.9. The lowest BCUT2D eigenvalue weighted by atomic mass is 9.78. The van der Waals surface area contributed by atoms with Gasteiger partial charge in [0.15, 0.2) is 0 Å². The third kappa shape index (κ3) is 55.9. The summed E-state index contributed by atoms with van der Waals surface area (Å²) in [6, 6.07) is -0.311. The molecule has 7 aliphatic rings. The second-order valence-corrected chi connectivity index (χ2v) is 50.2. The van der Waals surface area contributed by atoms with Crippen molar-refractivity contribution >= 4 is 47.8 Å². The summed E-state index contributed by atoms with van der Waals surface area (Å²) in [6.45, 7) is 71.0. The summed E-state index contributed by atoms with van der Waals surface area (Å²) in [5.41, 5.74) is -1.85. The predicted molar refractivity (Wildman–Crippen MR) is 586 cm³/mol. The Kier molecular flexibility index (Phi) is 64.0. The first-order valence-electron chi connectivity index (χ1n) is 50.9. The van der Waals surface area contributed by atoms with Gasteiger partial charge in [0.1, 0.15) is 22.2 Å².